The third kappa shape index (κ3) is 3.69. The Labute approximate surface area is 128 Å². The van der Waals surface area contributed by atoms with Gasteiger partial charge in [0.2, 0.25) is 0 Å². The van der Waals surface area contributed by atoms with Crippen LogP contribution < -0.4 is 15.8 Å². The maximum atomic E-state index is 11.9. The molecule has 0 aliphatic rings. The van der Waals surface area contributed by atoms with Crippen LogP contribution in [0.4, 0.5) is 16.2 Å². The van der Waals surface area contributed by atoms with Crippen molar-refractivity contribution in [3.63, 3.8) is 0 Å². The molecule has 22 heavy (non-hydrogen) atoms. The molecule has 0 aliphatic heterocycles. The number of nitrogens with two attached hydrogens (primary N) is 1. The Hall–Kier alpha value is -2.70. The fraction of sp³-hybridized carbons (Fsp3) is 0.333. The summed E-state index contributed by atoms with van der Waals surface area (Å²) in [6, 6.07) is 5.09. The molecule has 1 heterocycles. The predicted octanol–water partition coefficient (Wildman–Crippen LogP) is 3.28. The number of benzene rings is 1. The SMILES string of the molecule is COc1ccc(NC(=O)OC(C)(C)C)c(-c2oncc2N)c1. The Balaban J connectivity index is 2.35. The number of carbonyl (C=O) groups is 1. The lowest BCUT2D eigenvalue weighted by Crippen LogP contribution is -2.27. The number of nitrogens with one attached hydrogen (secondary N) is 1. The molecular weight excluding hydrogens is 286 g/mol. The number of rotatable bonds is 3. The van der Waals surface area contributed by atoms with Crippen molar-refractivity contribution in [2.24, 2.45) is 0 Å². The van der Waals surface area contributed by atoms with Crippen molar-refractivity contribution in [3.8, 4) is 17.1 Å². The highest BCUT2D eigenvalue weighted by atomic mass is 16.6. The molecule has 0 fully saturated rings. The highest BCUT2D eigenvalue weighted by Crippen LogP contribution is 2.35. The Kier molecular flexibility index (Phi) is 4.25. The van der Waals surface area contributed by atoms with Crippen LogP contribution in [0.1, 0.15) is 20.8 Å². The lowest BCUT2D eigenvalue weighted by Gasteiger charge is -2.20. The van der Waals surface area contributed by atoms with E-state index in [2.05, 4.69) is 10.5 Å². The molecule has 0 bridgehead atoms. The van der Waals surface area contributed by atoms with Gasteiger partial charge in [-0.05, 0) is 39.0 Å². The van der Waals surface area contributed by atoms with Gasteiger partial charge in [0.05, 0.1) is 19.0 Å². The lowest BCUT2D eigenvalue weighted by molar-refractivity contribution is 0.0636. The zero-order valence-corrected chi connectivity index (χ0v) is 13.0. The summed E-state index contributed by atoms with van der Waals surface area (Å²) < 4.78 is 15.6. The van der Waals surface area contributed by atoms with E-state index in [0.717, 1.165) is 0 Å². The van der Waals surface area contributed by atoms with E-state index in [4.69, 9.17) is 19.7 Å². The summed E-state index contributed by atoms with van der Waals surface area (Å²) in [7, 11) is 1.55. The van der Waals surface area contributed by atoms with Gasteiger partial charge in [-0.2, -0.15) is 0 Å². The van der Waals surface area contributed by atoms with Crippen LogP contribution in [0.5, 0.6) is 5.75 Å². The van der Waals surface area contributed by atoms with E-state index in [0.29, 0.717) is 28.4 Å². The lowest BCUT2D eigenvalue weighted by atomic mass is 10.1. The number of aromatic nitrogens is 1. The van der Waals surface area contributed by atoms with Gasteiger partial charge in [0, 0.05) is 5.56 Å². The van der Waals surface area contributed by atoms with Crippen molar-refractivity contribution in [1.82, 2.24) is 5.16 Å². The van der Waals surface area contributed by atoms with E-state index in [1.165, 1.54) is 6.20 Å². The van der Waals surface area contributed by atoms with Crippen LogP contribution in [0.15, 0.2) is 28.9 Å². The summed E-state index contributed by atoms with van der Waals surface area (Å²) in [5.74, 6) is 0.950. The van der Waals surface area contributed by atoms with Crippen molar-refractivity contribution in [2.45, 2.75) is 26.4 Å². The number of anilines is 2. The van der Waals surface area contributed by atoms with E-state index in [9.17, 15) is 4.79 Å². The van der Waals surface area contributed by atoms with E-state index < -0.39 is 11.7 Å². The van der Waals surface area contributed by atoms with Crippen molar-refractivity contribution in [3.05, 3.63) is 24.4 Å². The van der Waals surface area contributed by atoms with Gasteiger partial charge in [-0.3, -0.25) is 5.32 Å². The Morgan fingerprint density at radius 1 is 1.36 bits per heavy atom. The second-order valence-electron chi connectivity index (χ2n) is 5.65. The molecule has 1 amide bonds. The number of methoxy groups -OCH3 is 1. The average molecular weight is 305 g/mol. The van der Waals surface area contributed by atoms with Crippen LogP contribution in [0, 0.1) is 0 Å². The highest BCUT2D eigenvalue weighted by Gasteiger charge is 2.20. The molecule has 1 aromatic heterocycles. The van der Waals surface area contributed by atoms with Crippen molar-refractivity contribution in [1.29, 1.82) is 0 Å². The first kappa shape index (κ1) is 15.7. The molecule has 0 unspecified atom stereocenters. The summed E-state index contributed by atoms with van der Waals surface area (Å²) in [6.07, 6.45) is 0.823. The molecule has 2 aromatic rings. The van der Waals surface area contributed by atoms with E-state index in [1.54, 1.807) is 46.1 Å². The first-order valence-electron chi connectivity index (χ1n) is 6.69. The van der Waals surface area contributed by atoms with Crippen molar-refractivity contribution >= 4 is 17.5 Å². The molecule has 1 aromatic carbocycles. The quantitative estimate of drug-likeness (QED) is 0.902. The molecule has 7 heteroatoms. The van der Waals surface area contributed by atoms with Crippen LogP contribution in [0.2, 0.25) is 0 Å². The number of amides is 1. The van der Waals surface area contributed by atoms with Gasteiger partial charge >= 0.3 is 6.09 Å². The van der Waals surface area contributed by atoms with Gasteiger partial charge in [0.25, 0.3) is 0 Å². The summed E-state index contributed by atoms with van der Waals surface area (Å²) in [5, 5.41) is 6.32. The Bertz CT molecular complexity index is 674. The maximum Gasteiger partial charge on any atom is 0.412 e. The average Bonchev–Trinajstić information content (AvgIpc) is 2.83. The number of ether oxygens (including phenoxy) is 2. The molecule has 0 saturated heterocycles. The van der Waals surface area contributed by atoms with E-state index >= 15 is 0 Å². The van der Waals surface area contributed by atoms with Gasteiger partial charge in [-0.15, -0.1) is 0 Å². The molecule has 0 saturated carbocycles. The topological polar surface area (TPSA) is 99.6 Å². The first-order valence-corrected chi connectivity index (χ1v) is 6.69. The zero-order chi connectivity index (χ0) is 16.3. The van der Waals surface area contributed by atoms with Crippen LogP contribution in [0.25, 0.3) is 11.3 Å². The number of nitrogens with zero attached hydrogens (tertiary/aromatic N) is 1. The van der Waals surface area contributed by atoms with Crippen LogP contribution in [-0.4, -0.2) is 24.0 Å². The summed E-state index contributed by atoms with van der Waals surface area (Å²) >= 11 is 0. The molecule has 0 spiro atoms. The van der Waals surface area contributed by atoms with Gasteiger partial charge in [0.15, 0.2) is 5.76 Å². The number of hydrogen-bond donors (Lipinski definition) is 2. The molecule has 3 N–H and O–H groups in total. The van der Waals surface area contributed by atoms with Gasteiger partial charge < -0.3 is 19.7 Å². The molecule has 0 radical (unpaired) electrons. The first-order chi connectivity index (χ1) is 10.3. The summed E-state index contributed by atoms with van der Waals surface area (Å²) in [6.45, 7) is 5.36. The minimum absolute atomic E-state index is 0.352. The second-order valence-corrected chi connectivity index (χ2v) is 5.65. The predicted molar refractivity (Wildman–Crippen MR) is 82.8 cm³/mol. The largest absolute Gasteiger partial charge is 0.497 e. The molecule has 7 nitrogen and oxygen atoms in total. The fourth-order valence-electron chi connectivity index (χ4n) is 1.81. The fourth-order valence-corrected chi connectivity index (χ4v) is 1.81. The molecule has 0 atom stereocenters. The van der Waals surface area contributed by atoms with E-state index in [-0.39, 0.29) is 0 Å². The number of carbonyl (C=O) groups excluding carboxylic acids is 1. The van der Waals surface area contributed by atoms with Crippen molar-refractivity contribution < 1.29 is 18.8 Å². The van der Waals surface area contributed by atoms with Gasteiger partial charge in [-0.1, -0.05) is 5.16 Å². The van der Waals surface area contributed by atoms with Gasteiger partial charge in [0.1, 0.15) is 17.0 Å². The molecule has 2 rings (SSSR count). The number of hydrogen-bond acceptors (Lipinski definition) is 6. The van der Waals surface area contributed by atoms with Crippen LogP contribution >= 0.6 is 0 Å². The molecular formula is C15H19N3O4. The molecule has 0 aliphatic carbocycles. The monoisotopic (exact) mass is 305 g/mol. The Morgan fingerprint density at radius 2 is 2.09 bits per heavy atom. The van der Waals surface area contributed by atoms with Gasteiger partial charge in [-0.25, -0.2) is 4.79 Å². The summed E-state index contributed by atoms with van der Waals surface area (Å²) in [4.78, 5) is 11.9. The third-order valence-corrected chi connectivity index (χ3v) is 2.70. The highest BCUT2D eigenvalue weighted by molar-refractivity contribution is 5.92. The second kappa shape index (κ2) is 5.97. The Morgan fingerprint density at radius 3 is 2.64 bits per heavy atom. The standard InChI is InChI=1S/C15H19N3O4/c1-15(2,3)21-14(19)18-12-6-5-9(20-4)7-10(12)13-11(16)8-17-22-13/h5-8H,16H2,1-4H3,(H,18,19). The van der Waals surface area contributed by atoms with Crippen molar-refractivity contribution in [2.75, 3.05) is 18.2 Å². The maximum absolute atomic E-state index is 11.9. The van der Waals surface area contributed by atoms with Crippen LogP contribution in [-0.2, 0) is 4.74 Å². The van der Waals surface area contributed by atoms with Crippen LogP contribution in [0.3, 0.4) is 0 Å². The van der Waals surface area contributed by atoms with E-state index in [1.807, 2.05) is 0 Å². The number of nitrogen functional groups attached to an aromatic ring is 1. The zero-order valence-electron chi connectivity index (χ0n) is 13.0. The smallest absolute Gasteiger partial charge is 0.412 e. The molecule has 118 valence electrons. The minimum atomic E-state index is -0.595. The normalized spacial score (nSPS) is 11.1. The minimum Gasteiger partial charge on any atom is -0.497 e. The third-order valence-electron chi connectivity index (χ3n) is 2.70. The summed E-state index contributed by atoms with van der Waals surface area (Å²) in [5.41, 5.74) is 6.63.